The third-order valence-electron chi connectivity index (χ3n) is 4.73. The number of aromatic nitrogens is 6. The highest BCUT2D eigenvalue weighted by Gasteiger charge is 2.26. The first-order chi connectivity index (χ1) is 12.7. The van der Waals surface area contributed by atoms with Crippen LogP contribution in [0.3, 0.4) is 0 Å². The van der Waals surface area contributed by atoms with Crippen molar-refractivity contribution in [2.45, 2.75) is 25.8 Å². The van der Waals surface area contributed by atoms with E-state index in [1.54, 1.807) is 17.9 Å². The van der Waals surface area contributed by atoms with Gasteiger partial charge in [-0.2, -0.15) is 9.49 Å². The van der Waals surface area contributed by atoms with Crippen molar-refractivity contribution in [1.82, 2.24) is 29.9 Å². The van der Waals surface area contributed by atoms with Crippen LogP contribution in [0.15, 0.2) is 12.3 Å². The first kappa shape index (κ1) is 16.7. The van der Waals surface area contributed by atoms with E-state index in [0.717, 1.165) is 26.1 Å². The van der Waals surface area contributed by atoms with Crippen LogP contribution in [0.2, 0.25) is 0 Å². The third-order valence-corrected chi connectivity index (χ3v) is 4.73. The molecular weight excluding hydrogens is 341 g/mol. The number of halogens is 1. The SMILES string of the molecule is COc1cc(Nc2cnc3c(F)nn([C@@H](C)C4CCOCC4)c3n2)n[nH]1. The normalized spacial score (nSPS) is 16.7. The topological polar surface area (TPSA) is 103 Å². The highest BCUT2D eigenvalue weighted by molar-refractivity contribution is 5.72. The molecule has 0 unspecified atom stereocenters. The predicted octanol–water partition coefficient (Wildman–Crippen LogP) is 2.43. The van der Waals surface area contributed by atoms with Gasteiger partial charge in [-0.05, 0) is 25.7 Å². The number of anilines is 2. The molecule has 138 valence electrons. The molecule has 3 aromatic rings. The minimum absolute atomic E-state index is 0.000859. The van der Waals surface area contributed by atoms with Gasteiger partial charge < -0.3 is 14.8 Å². The quantitative estimate of drug-likeness (QED) is 0.719. The molecule has 10 heteroatoms. The van der Waals surface area contributed by atoms with E-state index in [4.69, 9.17) is 9.47 Å². The Kier molecular flexibility index (Phi) is 4.41. The number of nitrogens with one attached hydrogen (secondary N) is 2. The van der Waals surface area contributed by atoms with Gasteiger partial charge in [0.25, 0.3) is 5.95 Å². The molecule has 1 fully saturated rings. The Balaban J connectivity index is 1.65. The molecule has 0 amide bonds. The molecule has 1 aliphatic heterocycles. The van der Waals surface area contributed by atoms with E-state index < -0.39 is 5.95 Å². The van der Waals surface area contributed by atoms with Gasteiger partial charge >= 0.3 is 0 Å². The summed E-state index contributed by atoms with van der Waals surface area (Å²) in [6, 6.07) is 1.69. The minimum atomic E-state index is -0.612. The molecule has 26 heavy (non-hydrogen) atoms. The molecule has 0 radical (unpaired) electrons. The summed E-state index contributed by atoms with van der Waals surface area (Å²) in [7, 11) is 1.54. The predicted molar refractivity (Wildman–Crippen MR) is 92.0 cm³/mol. The van der Waals surface area contributed by atoms with Gasteiger partial charge in [0.1, 0.15) is 0 Å². The van der Waals surface area contributed by atoms with Crippen molar-refractivity contribution in [3.8, 4) is 5.88 Å². The van der Waals surface area contributed by atoms with Gasteiger partial charge in [-0.15, -0.1) is 5.10 Å². The first-order valence-electron chi connectivity index (χ1n) is 8.50. The second kappa shape index (κ2) is 6.87. The molecule has 0 spiro atoms. The van der Waals surface area contributed by atoms with Crippen molar-refractivity contribution >= 4 is 22.8 Å². The minimum Gasteiger partial charge on any atom is -0.481 e. The summed E-state index contributed by atoms with van der Waals surface area (Å²) in [5.74, 6) is 1.25. The fourth-order valence-corrected chi connectivity index (χ4v) is 3.22. The second-order valence-corrected chi connectivity index (χ2v) is 6.30. The van der Waals surface area contributed by atoms with Crippen LogP contribution >= 0.6 is 0 Å². The van der Waals surface area contributed by atoms with Gasteiger partial charge in [0.05, 0.1) is 19.3 Å². The smallest absolute Gasteiger partial charge is 0.260 e. The summed E-state index contributed by atoms with van der Waals surface area (Å²) in [6.07, 6.45) is 3.29. The maximum atomic E-state index is 14.2. The molecule has 1 atom stereocenters. The average Bonchev–Trinajstić information content (AvgIpc) is 3.26. The molecule has 0 bridgehead atoms. The Morgan fingerprint density at radius 3 is 2.92 bits per heavy atom. The number of hydrogen-bond acceptors (Lipinski definition) is 7. The Hall–Kier alpha value is -2.75. The largest absolute Gasteiger partial charge is 0.481 e. The van der Waals surface area contributed by atoms with Crippen LogP contribution in [0.4, 0.5) is 16.0 Å². The monoisotopic (exact) mass is 361 g/mol. The van der Waals surface area contributed by atoms with Crippen molar-refractivity contribution in [1.29, 1.82) is 0 Å². The lowest BCUT2D eigenvalue weighted by atomic mass is 9.93. The zero-order valence-electron chi connectivity index (χ0n) is 14.6. The first-order valence-corrected chi connectivity index (χ1v) is 8.50. The summed E-state index contributed by atoms with van der Waals surface area (Å²) in [4.78, 5) is 8.68. The van der Waals surface area contributed by atoms with E-state index in [1.807, 2.05) is 6.92 Å². The standard InChI is InChI=1S/C16H20FN7O2/c1-9(10-3-5-26-6-4-10)24-16-14(15(17)23-24)18-8-12(20-16)19-11-7-13(25-2)22-21-11/h7-10H,3-6H2,1-2H3,(H2,19,20,21,22)/t9-/m0/s1. The zero-order chi connectivity index (χ0) is 18.1. The van der Waals surface area contributed by atoms with Crippen LogP contribution in [-0.4, -0.2) is 50.3 Å². The lowest BCUT2D eigenvalue weighted by Gasteiger charge is -2.27. The number of fused-ring (bicyclic) bond motifs is 1. The van der Waals surface area contributed by atoms with Crippen LogP contribution < -0.4 is 10.1 Å². The van der Waals surface area contributed by atoms with Crippen molar-refractivity contribution < 1.29 is 13.9 Å². The fourth-order valence-electron chi connectivity index (χ4n) is 3.22. The summed E-state index contributed by atoms with van der Waals surface area (Å²) in [5, 5.41) is 13.8. The Bertz CT molecular complexity index is 903. The average molecular weight is 361 g/mol. The van der Waals surface area contributed by atoms with Crippen molar-refractivity contribution in [3.05, 3.63) is 18.2 Å². The molecule has 3 aromatic heterocycles. The van der Waals surface area contributed by atoms with Gasteiger partial charge in [0, 0.05) is 19.3 Å². The number of methoxy groups -OCH3 is 1. The van der Waals surface area contributed by atoms with E-state index in [0.29, 0.717) is 29.1 Å². The number of nitrogens with zero attached hydrogens (tertiary/aromatic N) is 5. The molecular formula is C16H20FN7O2. The zero-order valence-corrected chi connectivity index (χ0v) is 14.6. The molecule has 2 N–H and O–H groups in total. The lowest BCUT2D eigenvalue weighted by Crippen LogP contribution is -2.25. The maximum Gasteiger partial charge on any atom is 0.260 e. The van der Waals surface area contributed by atoms with E-state index in [9.17, 15) is 4.39 Å². The van der Waals surface area contributed by atoms with E-state index in [2.05, 4.69) is 30.6 Å². The molecule has 0 aliphatic carbocycles. The second-order valence-electron chi connectivity index (χ2n) is 6.30. The van der Waals surface area contributed by atoms with Crippen LogP contribution in [0.5, 0.6) is 5.88 Å². The van der Waals surface area contributed by atoms with E-state index in [1.165, 1.54) is 6.20 Å². The summed E-state index contributed by atoms with van der Waals surface area (Å²) >= 11 is 0. The molecule has 9 nitrogen and oxygen atoms in total. The van der Waals surface area contributed by atoms with Gasteiger partial charge in [-0.1, -0.05) is 0 Å². The van der Waals surface area contributed by atoms with Crippen molar-refractivity contribution in [3.63, 3.8) is 0 Å². The number of aromatic amines is 1. The van der Waals surface area contributed by atoms with Gasteiger partial charge in [-0.25, -0.2) is 19.7 Å². The summed E-state index contributed by atoms with van der Waals surface area (Å²) < 4.78 is 26.3. The third kappa shape index (κ3) is 3.07. The number of ether oxygens (including phenoxy) is 2. The van der Waals surface area contributed by atoms with Crippen LogP contribution in [0.25, 0.3) is 11.2 Å². The number of rotatable bonds is 5. The molecule has 0 saturated carbocycles. The molecule has 0 aromatic carbocycles. The number of hydrogen-bond donors (Lipinski definition) is 2. The molecule has 1 saturated heterocycles. The molecule has 1 aliphatic rings. The summed E-state index contributed by atoms with van der Waals surface area (Å²) in [6.45, 7) is 3.47. The van der Waals surface area contributed by atoms with E-state index >= 15 is 0 Å². The lowest BCUT2D eigenvalue weighted by molar-refractivity contribution is 0.0499. The van der Waals surface area contributed by atoms with Gasteiger partial charge in [0.2, 0.25) is 5.88 Å². The highest BCUT2D eigenvalue weighted by atomic mass is 19.1. The van der Waals surface area contributed by atoms with Gasteiger partial charge in [-0.3, -0.25) is 0 Å². The molecule has 4 rings (SSSR count). The van der Waals surface area contributed by atoms with Crippen molar-refractivity contribution in [2.24, 2.45) is 5.92 Å². The van der Waals surface area contributed by atoms with Crippen LogP contribution in [-0.2, 0) is 4.74 Å². The van der Waals surface area contributed by atoms with Crippen molar-refractivity contribution in [2.75, 3.05) is 25.6 Å². The Labute approximate surface area is 148 Å². The molecule has 4 heterocycles. The highest BCUT2D eigenvalue weighted by Crippen LogP contribution is 2.30. The van der Waals surface area contributed by atoms with Gasteiger partial charge in [0.15, 0.2) is 22.8 Å². The number of H-pyrrole nitrogens is 1. The maximum absolute atomic E-state index is 14.2. The Morgan fingerprint density at radius 2 is 2.19 bits per heavy atom. The van der Waals surface area contributed by atoms with Crippen LogP contribution in [0, 0.1) is 11.9 Å². The van der Waals surface area contributed by atoms with Crippen LogP contribution in [0.1, 0.15) is 25.8 Å². The Morgan fingerprint density at radius 1 is 1.38 bits per heavy atom. The summed E-state index contributed by atoms with van der Waals surface area (Å²) in [5.41, 5.74) is 0.572. The van der Waals surface area contributed by atoms with E-state index in [-0.39, 0.29) is 11.6 Å². The fraction of sp³-hybridized carbons (Fsp3) is 0.500.